The molecule has 45 heavy (non-hydrogen) atoms. The highest BCUT2D eigenvalue weighted by molar-refractivity contribution is 8.44. The van der Waals surface area contributed by atoms with Gasteiger partial charge in [-0.1, -0.05) is 24.5 Å². The lowest BCUT2D eigenvalue weighted by Gasteiger charge is -2.32. The predicted octanol–water partition coefficient (Wildman–Crippen LogP) is 2.07. The Morgan fingerprint density at radius 2 is 1.49 bits per heavy atom. The van der Waals surface area contributed by atoms with E-state index in [0.717, 1.165) is 0 Å². The smallest absolute Gasteiger partial charge is 0.382 e. The fourth-order valence-electron chi connectivity index (χ4n) is 6.10. The third kappa shape index (κ3) is 5.14. The van der Waals surface area contributed by atoms with Crippen molar-refractivity contribution in [2.24, 2.45) is 0 Å². The number of ether oxygens (including phenoxy) is 3. The first kappa shape index (κ1) is 29.9. The maximum atomic E-state index is 13.8. The van der Waals surface area contributed by atoms with Gasteiger partial charge in [-0.3, -0.25) is 22.7 Å². The first-order valence-corrected chi connectivity index (χ1v) is 19.0. The van der Waals surface area contributed by atoms with Gasteiger partial charge in [-0.25, -0.2) is 39.0 Å². The number of hydrogen-bond acceptors (Lipinski definition) is 17. The first-order chi connectivity index (χ1) is 21.5. The number of aromatic nitrogens is 8. The lowest BCUT2D eigenvalue weighted by Crippen LogP contribution is -2.45. The van der Waals surface area contributed by atoms with Crippen LogP contribution in [0.25, 0.3) is 22.3 Å². The van der Waals surface area contributed by atoms with E-state index in [1.165, 1.54) is 25.3 Å². The van der Waals surface area contributed by atoms with Crippen molar-refractivity contribution in [2.75, 3.05) is 31.3 Å². The summed E-state index contributed by atoms with van der Waals surface area (Å²) in [5.41, 5.74) is 12.0. The Hall–Kier alpha value is -2.42. The second kappa shape index (κ2) is 10.8. The quantitative estimate of drug-likeness (QED) is 0.173. The van der Waals surface area contributed by atoms with Crippen molar-refractivity contribution >= 4 is 72.1 Å². The van der Waals surface area contributed by atoms with Crippen LogP contribution in [0.1, 0.15) is 25.3 Å². The maximum Gasteiger partial charge on any atom is 0.386 e. The summed E-state index contributed by atoms with van der Waals surface area (Å²) in [6, 6.07) is 0. The average Bonchev–Trinajstić information content (AvgIpc) is 3.80. The Bertz CT molecular complexity index is 1900. The summed E-state index contributed by atoms with van der Waals surface area (Å²) in [4.78, 5) is 25.1. The molecule has 23 heteroatoms. The van der Waals surface area contributed by atoms with E-state index in [1.807, 2.05) is 0 Å². The topological polar surface area (TPSA) is 238 Å². The third-order valence-corrected chi connectivity index (χ3v) is 11.4. The summed E-state index contributed by atoms with van der Waals surface area (Å²) < 4.78 is 72.8. The molecule has 9 atom stereocenters. The van der Waals surface area contributed by atoms with E-state index in [-0.39, 0.29) is 44.3 Å². The van der Waals surface area contributed by atoms with E-state index in [4.69, 9.17) is 43.8 Å². The lowest BCUT2D eigenvalue weighted by molar-refractivity contribution is -0.182. The molecule has 4 N–H and O–H groups in total. The third-order valence-electron chi connectivity index (χ3n) is 8.12. The molecule has 0 amide bonds. The molecule has 0 spiro atoms. The number of nitrogens with zero attached hydrogens (tertiary/aromatic N) is 8. The maximum absolute atomic E-state index is 13.8. The van der Waals surface area contributed by atoms with Gasteiger partial charge >= 0.3 is 13.6 Å². The van der Waals surface area contributed by atoms with Gasteiger partial charge in [0.15, 0.2) is 35.4 Å². The van der Waals surface area contributed by atoms with E-state index >= 15 is 0 Å². The minimum Gasteiger partial charge on any atom is -0.382 e. The SMILES string of the molecule is Nc1ncnc2c1ncn2[C@@H]1O[C@@]23CO[C@@H]1[C@@H]2O[P@](=O)(S)OCC[C@@H]1C[C@@H](O[P@](=O)(S)OC3)[C@H](n2cnc3c(N)ncnc32)O1. The summed E-state index contributed by atoms with van der Waals surface area (Å²) >= 11 is 8.53. The van der Waals surface area contributed by atoms with Gasteiger partial charge < -0.3 is 30.2 Å². The number of hydrogen-bond donors (Lipinski definition) is 4. The standard InChI is InChI=1S/C22H26N10O9P2S2/c23-16-12-18(27-6-25-16)31(8-29-12)20-11-3-10(38-20)1-2-36-42(33,44)41-15-14-21(32-9-30-13-17(24)26-7-28-19(13)32)39-22(15,4-35-14)5-37-43(34,45)40-11/h6-11,14-15,20-21H,1-5H2,(H,33,44)(H,34,45)(H2,23,25,27)(H2,24,26,28)/t10-,11-,14-,15+,20-,21-,22-,42-,43-/m1/s1. The molecule has 8 heterocycles. The number of nitrogens with two attached hydrogens (primary N) is 2. The zero-order valence-electron chi connectivity index (χ0n) is 23.0. The Morgan fingerprint density at radius 1 is 0.844 bits per heavy atom. The molecule has 0 aliphatic carbocycles. The average molecular weight is 701 g/mol. The van der Waals surface area contributed by atoms with Crippen molar-refractivity contribution < 1.29 is 41.4 Å². The summed E-state index contributed by atoms with van der Waals surface area (Å²) in [5, 5.41) is 0. The fourth-order valence-corrected chi connectivity index (χ4v) is 9.15. The van der Waals surface area contributed by atoms with Gasteiger partial charge in [-0.05, 0) is 6.42 Å². The van der Waals surface area contributed by atoms with Gasteiger partial charge in [0, 0.05) is 6.42 Å². The molecular formula is C22H26N10O9P2S2. The second-order valence-electron chi connectivity index (χ2n) is 10.9. The van der Waals surface area contributed by atoms with E-state index in [9.17, 15) is 9.13 Å². The minimum atomic E-state index is -4.11. The molecule has 4 aliphatic heterocycles. The van der Waals surface area contributed by atoms with Crippen LogP contribution in [0.5, 0.6) is 0 Å². The van der Waals surface area contributed by atoms with Crippen LogP contribution in [-0.2, 0) is 41.4 Å². The second-order valence-corrected chi connectivity index (χ2v) is 16.7. The molecule has 8 rings (SSSR count). The molecule has 4 bridgehead atoms. The molecule has 0 radical (unpaired) electrons. The monoisotopic (exact) mass is 700 g/mol. The van der Waals surface area contributed by atoms with Crippen molar-refractivity contribution in [3.05, 3.63) is 25.3 Å². The summed E-state index contributed by atoms with van der Waals surface area (Å²) in [7, 11) is 0. The van der Waals surface area contributed by atoms with Crippen LogP contribution in [0.3, 0.4) is 0 Å². The van der Waals surface area contributed by atoms with Gasteiger partial charge in [0.1, 0.15) is 47.6 Å². The lowest BCUT2D eigenvalue weighted by atomic mass is 10.0. The van der Waals surface area contributed by atoms with Crippen molar-refractivity contribution in [3.8, 4) is 0 Å². The van der Waals surface area contributed by atoms with Gasteiger partial charge in [-0.2, -0.15) is 0 Å². The minimum absolute atomic E-state index is 0.0440. The number of thiol groups is 2. The van der Waals surface area contributed by atoms with Gasteiger partial charge in [0.2, 0.25) is 0 Å². The fraction of sp³-hybridized carbons (Fsp3) is 0.545. The van der Waals surface area contributed by atoms with Gasteiger partial charge in [0.25, 0.3) is 0 Å². The van der Waals surface area contributed by atoms with E-state index < -0.39 is 56.1 Å². The van der Waals surface area contributed by atoms with Gasteiger partial charge in [0.05, 0.1) is 38.6 Å². The zero-order valence-corrected chi connectivity index (χ0v) is 26.6. The highest BCUT2D eigenvalue weighted by Crippen LogP contribution is 2.62. The first-order valence-electron chi connectivity index (χ1n) is 13.6. The highest BCUT2D eigenvalue weighted by Gasteiger charge is 2.65. The van der Waals surface area contributed by atoms with Crippen LogP contribution < -0.4 is 11.5 Å². The number of anilines is 2. The molecule has 19 nitrogen and oxygen atoms in total. The molecule has 4 saturated heterocycles. The van der Waals surface area contributed by atoms with E-state index in [2.05, 4.69) is 54.4 Å². The molecular weight excluding hydrogens is 674 g/mol. The summed E-state index contributed by atoms with van der Waals surface area (Å²) in [5.74, 6) is 0.363. The van der Waals surface area contributed by atoms with Crippen molar-refractivity contribution in [3.63, 3.8) is 0 Å². The number of fused-ring (bicyclic) bond motifs is 4. The van der Waals surface area contributed by atoms with Crippen LogP contribution >= 0.6 is 38.1 Å². The largest absolute Gasteiger partial charge is 0.386 e. The summed E-state index contributed by atoms with van der Waals surface area (Å²) in [6.07, 6.45) is 1.16. The van der Waals surface area contributed by atoms with E-state index in [1.54, 1.807) is 9.13 Å². The van der Waals surface area contributed by atoms with Crippen molar-refractivity contribution in [1.29, 1.82) is 0 Å². The Morgan fingerprint density at radius 3 is 2.18 bits per heavy atom. The number of imidazole rings is 2. The molecule has 0 saturated carbocycles. The van der Waals surface area contributed by atoms with Crippen LogP contribution in [0.2, 0.25) is 0 Å². The Kier molecular flexibility index (Phi) is 7.20. The Labute approximate surface area is 264 Å². The highest BCUT2D eigenvalue weighted by atomic mass is 32.7. The molecule has 4 aromatic heterocycles. The van der Waals surface area contributed by atoms with Crippen LogP contribution in [0.4, 0.5) is 11.6 Å². The predicted molar refractivity (Wildman–Crippen MR) is 160 cm³/mol. The van der Waals surface area contributed by atoms with Crippen LogP contribution in [-0.4, -0.2) is 88.9 Å². The molecule has 0 unspecified atom stereocenters. The van der Waals surface area contributed by atoms with E-state index in [0.29, 0.717) is 22.3 Å². The normalized spacial score (nSPS) is 38.9. The number of rotatable bonds is 2. The number of nitrogen functional groups attached to an aromatic ring is 2. The van der Waals surface area contributed by atoms with Crippen LogP contribution in [0.15, 0.2) is 25.3 Å². The molecule has 0 aromatic carbocycles. The molecule has 4 fully saturated rings. The molecule has 4 aromatic rings. The molecule has 240 valence electrons. The summed E-state index contributed by atoms with van der Waals surface area (Å²) in [6.45, 7) is -8.60. The zero-order chi connectivity index (χ0) is 31.1. The van der Waals surface area contributed by atoms with Crippen molar-refractivity contribution in [2.45, 2.75) is 55.3 Å². The Balaban J connectivity index is 1.12. The van der Waals surface area contributed by atoms with Gasteiger partial charge in [-0.15, -0.1) is 0 Å². The van der Waals surface area contributed by atoms with Crippen LogP contribution in [0, 0.1) is 0 Å². The van der Waals surface area contributed by atoms with Crippen molar-refractivity contribution in [1.82, 2.24) is 39.0 Å². The molecule has 4 aliphatic rings.